The van der Waals surface area contributed by atoms with Gasteiger partial charge < -0.3 is 15.0 Å². The number of nitrogens with zero attached hydrogens (tertiary/aromatic N) is 1. The molecule has 0 bridgehead atoms. The molecule has 0 saturated heterocycles. The molecule has 5 heteroatoms. The van der Waals surface area contributed by atoms with E-state index in [1.54, 1.807) is 6.92 Å². The molecule has 4 rings (SSSR count). The molecule has 1 aliphatic rings. The van der Waals surface area contributed by atoms with Gasteiger partial charge in [-0.2, -0.15) is 0 Å². The Morgan fingerprint density at radius 3 is 2.37 bits per heavy atom. The van der Waals surface area contributed by atoms with Gasteiger partial charge in [-0.15, -0.1) is 0 Å². The van der Waals surface area contributed by atoms with Gasteiger partial charge in [-0.1, -0.05) is 42.5 Å². The number of hydrogen-bond acceptors (Lipinski definition) is 3. The van der Waals surface area contributed by atoms with Crippen molar-refractivity contribution in [3.05, 3.63) is 95.6 Å². The maximum absolute atomic E-state index is 12.8. The minimum Gasteiger partial charge on any atom is -0.481 e. The van der Waals surface area contributed by atoms with Crippen LogP contribution in [-0.2, 0) is 17.8 Å². The number of para-hydroxylation sites is 1. The number of carbonyl (C=O) groups is 2. The monoisotopic (exact) mass is 400 g/mol. The van der Waals surface area contributed by atoms with Crippen molar-refractivity contribution in [1.29, 1.82) is 0 Å². The van der Waals surface area contributed by atoms with Crippen molar-refractivity contribution < 1.29 is 14.3 Å². The molecule has 1 atom stereocenters. The van der Waals surface area contributed by atoms with Crippen LogP contribution in [0.15, 0.2) is 78.9 Å². The van der Waals surface area contributed by atoms with Crippen molar-refractivity contribution in [3.8, 4) is 5.75 Å². The third-order valence-corrected chi connectivity index (χ3v) is 5.22. The molecule has 2 amide bonds. The highest BCUT2D eigenvalue weighted by atomic mass is 16.5. The molecular formula is C25H24N2O3. The summed E-state index contributed by atoms with van der Waals surface area (Å²) in [7, 11) is 0. The summed E-state index contributed by atoms with van der Waals surface area (Å²) < 4.78 is 5.69. The second-order valence-corrected chi connectivity index (χ2v) is 7.39. The molecule has 30 heavy (non-hydrogen) atoms. The van der Waals surface area contributed by atoms with Gasteiger partial charge in [-0.05, 0) is 60.9 Å². The number of fused-ring (bicyclic) bond motifs is 1. The topological polar surface area (TPSA) is 58.6 Å². The van der Waals surface area contributed by atoms with Gasteiger partial charge in [-0.3, -0.25) is 9.59 Å². The number of anilines is 1. The average Bonchev–Trinajstić information content (AvgIpc) is 2.79. The fourth-order valence-corrected chi connectivity index (χ4v) is 3.57. The van der Waals surface area contributed by atoms with E-state index >= 15 is 0 Å². The van der Waals surface area contributed by atoms with Gasteiger partial charge >= 0.3 is 0 Å². The second-order valence-electron chi connectivity index (χ2n) is 7.39. The number of nitrogens with one attached hydrogen (secondary N) is 1. The minimum atomic E-state index is -0.625. The maximum atomic E-state index is 12.8. The van der Waals surface area contributed by atoms with Crippen molar-refractivity contribution in [2.24, 2.45) is 0 Å². The molecule has 0 radical (unpaired) electrons. The molecule has 3 aromatic rings. The van der Waals surface area contributed by atoms with E-state index in [0.717, 1.165) is 12.0 Å². The molecule has 0 saturated carbocycles. The quantitative estimate of drug-likeness (QED) is 0.695. The lowest BCUT2D eigenvalue weighted by molar-refractivity contribution is -0.122. The first-order chi connectivity index (χ1) is 14.6. The van der Waals surface area contributed by atoms with Gasteiger partial charge in [0.1, 0.15) is 5.75 Å². The first kappa shape index (κ1) is 19.7. The lowest BCUT2D eigenvalue weighted by atomic mass is 9.98. The van der Waals surface area contributed by atoms with Gasteiger partial charge in [0.2, 0.25) is 0 Å². The van der Waals surface area contributed by atoms with E-state index < -0.39 is 6.10 Å². The normalized spacial score (nSPS) is 13.8. The number of ether oxygens (including phenoxy) is 1. The highest BCUT2D eigenvalue weighted by Crippen LogP contribution is 2.24. The zero-order valence-corrected chi connectivity index (χ0v) is 16.9. The Hall–Kier alpha value is -3.60. The second kappa shape index (κ2) is 8.82. The van der Waals surface area contributed by atoms with Crippen LogP contribution in [0, 0.1) is 0 Å². The minimum absolute atomic E-state index is 0.0283. The van der Waals surface area contributed by atoms with E-state index in [2.05, 4.69) is 5.32 Å². The first-order valence-corrected chi connectivity index (χ1v) is 10.1. The standard InChI is InChI=1S/C25H24N2O3/c1-18(30-23-10-6-3-7-11-23)24(28)26-22-13-12-19-14-15-27(17-21(19)16-22)25(29)20-8-4-2-5-9-20/h2-13,16,18H,14-15,17H2,1H3,(H,26,28). The summed E-state index contributed by atoms with van der Waals surface area (Å²) in [6, 6.07) is 24.5. The van der Waals surface area contributed by atoms with Gasteiger partial charge in [0.15, 0.2) is 6.10 Å². The average molecular weight is 400 g/mol. The zero-order valence-electron chi connectivity index (χ0n) is 16.9. The van der Waals surface area contributed by atoms with Crippen LogP contribution < -0.4 is 10.1 Å². The van der Waals surface area contributed by atoms with Crippen LogP contribution in [0.25, 0.3) is 0 Å². The molecule has 1 heterocycles. The van der Waals surface area contributed by atoms with Crippen LogP contribution in [0.2, 0.25) is 0 Å². The molecule has 0 aromatic heterocycles. The van der Waals surface area contributed by atoms with Crippen molar-refractivity contribution in [3.63, 3.8) is 0 Å². The molecular weight excluding hydrogens is 376 g/mol. The van der Waals surface area contributed by atoms with E-state index in [4.69, 9.17) is 4.74 Å². The van der Waals surface area contributed by atoms with E-state index in [1.807, 2.05) is 83.8 Å². The van der Waals surface area contributed by atoms with Gasteiger partial charge in [0.05, 0.1) is 0 Å². The highest BCUT2D eigenvalue weighted by molar-refractivity contribution is 5.95. The summed E-state index contributed by atoms with van der Waals surface area (Å²) >= 11 is 0. The molecule has 3 aromatic carbocycles. The zero-order chi connectivity index (χ0) is 20.9. The maximum Gasteiger partial charge on any atom is 0.265 e. The fourth-order valence-electron chi connectivity index (χ4n) is 3.57. The Morgan fingerprint density at radius 1 is 0.933 bits per heavy atom. The summed E-state index contributed by atoms with van der Waals surface area (Å²) in [6.07, 6.45) is 0.176. The Labute approximate surface area is 176 Å². The Balaban J connectivity index is 1.42. The molecule has 0 spiro atoms. The molecule has 1 N–H and O–H groups in total. The largest absolute Gasteiger partial charge is 0.481 e. The van der Waals surface area contributed by atoms with Crippen molar-refractivity contribution in [2.75, 3.05) is 11.9 Å². The Bertz CT molecular complexity index is 1030. The first-order valence-electron chi connectivity index (χ1n) is 10.1. The molecule has 1 aliphatic heterocycles. The van der Waals surface area contributed by atoms with Gasteiger partial charge in [0, 0.05) is 24.3 Å². The summed E-state index contributed by atoms with van der Waals surface area (Å²) in [6.45, 7) is 2.94. The van der Waals surface area contributed by atoms with E-state index in [9.17, 15) is 9.59 Å². The highest BCUT2D eigenvalue weighted by Gasteiger charge is 2.22. The van der Waals surface area contributed by atoms with Gasteiger partial charge in [-0.25, -0.2) is 0 Å². The van der Waals surface area contributed by atoms with Crippen molar-refractivity contribution in [2.45, 2.75) is 26.0 Å². The molecule has 152 valence electrons. The molecule has 5 nitrogen and oxygen atoms in total. The molecule has 0 fully saturated rings. The van der Waals surface area contributed by atoms with Crippen LogP contribution in [0.1, 0.15) is 28.4 Å². The van der Waals surface area contributed by atoms with E-state index in [-0.39, 0.29) is 11.8 Å². The Morgan fingerprint density at radius 2 is 1.63 bits per heavy atom. The summed E-state index contributed by atoms with van der Waals surface area (Å²) in [5.74, 6) is 0.466. The summed E-state index contributed by atoms with van der Waals surface area (Å²) in [5.41, 5.74) is 3.66. The smallest absolute Gasteiger partial charge is 0.265 e. The molecule has 1 unspecified atom stereocenters. The predicted octanol–water partition coefficient (Wildman–Crippen LogP) is 4.29. The van der Waals surface area contributed by atoms with Crippen molar-refractivity contribution in [1.82, 2.24) is 4.90 Å². The van der Waals surface area contributed by atoms with Crippen LogP contribution >= 0.6 is 0 Å². The predicted molar refractivity (Wildman–Crippen MR) is 116 cm³/mol. The number of amides is 2. The number of rotatable bonds is 5. The van der Waals surface area contributed by atoms with Crippen LogP contribution in [0.5, 0.6) is 5.75 Å². The number of hydrogen-bond donors (Lipinski definition) is 1. The fraction of sp³-hybridized carbons (Fsp3) is 0.200. The number of carbonyl (C=O) groups excluding carboxylic acids is 2. The van der Waals surface area contributed by atoms with Crippen LogP contribution in [0.4, 0.5) is 5.69 Å². The SMILES string of the molecule is CC(Oc1ccccc1)C(=O)Nc1ccc2c(c1)CN(C(=O)c1ccccc1)CC2. The van der Waals surface area contributed by atoms with E-state index in [0.29, 0.717) is 30.1 Å². The lowest BCUT2D eigenvalue weighted by Crippen LogP contribution is -2.36. The summed E-state index contributed by atoms with van der Waals surface area (Å²) in [5, 5.41) is 2.92. The van der Waals surface area contributed by atoms with E-state index in [1.165, 1.54) is 5.56 Å². The third-order valence-electron chi connectivity index (χ3n) is 5.22. The number of benzene rings is 3. The Kier molecular flexibility index (Phi) is 5.80. The summed E-state index contributed by atoms with van der Waals surface area (Å²) in [4.78, 5) is 27.2. The van der Waals surface area contributed by atoms with Crippen molar-refractivity contribution >= 4 is 17.5 Å². The molecule has 0 aliphatic carbocycles. The van der Waals surface area contributed by atoms with Crippen LogP contribution in [-0.4, -0.2) is 29.4 Å². The third kappa shape index (κ3) is 4.51. The van der Waals surface area contributed by atoms with Gasteiger partial charge in [0.25, 0.3) is 11.8 Å². The van der Waals surface area contributed by atoms with Crippen LogP contribution in [0.3, 0.4) is 0 Å². The lowest BCUT2D eigenvalue weighted by Gasteiger charge is -2.29.